The Morgan fingerprint density at radius 2 is 1.92 bits per heavy atom. The van der Waals surface area contributed by atoms with Gasteiger partial charge in [-0.2, -0.15) is 0 Å². The quantitative estimate of drug-likeness (QED) is 0.712. The zero-order valence-corrected chi connectivity index (χ0v) is 16.1. The number of hydrogen-bond acceptors (Lipinski definition) is 4. The van der Waals surface area contributed by atoms with Gasteiger partial charge in [0.05, 0.1) is 16.6 Å². The summed E-state index contributed by atoms with van der Waals surface area (Å²) < 4.78 is 7.73. The van der Waals surface area contributed by atoms with Crippen LogP contribution in [0.4, 0.5) is 0 Å². The van der Waals surface area contributed by atoms with Crippen LogP contribution in [-0.2, 0) is 7.05 Å². The Morgan fingerprint density at radius 1 is 1.19 bits per heavy atom. The Morgan fingerprint density at radius 3 is 2.62 bits per heavy atom. The third-order valence-corrected chi connectivity index (χ3v) is 4.95. The minimum absolute atomic E-state index is 0.0279. The van der Waals surface area contributed by atoms with Gasteiger partial charge in [-0.1, -0.05) is 13.8 Å². The minimum atomic E-state index is -0.0984. The normalized spacial score (nSPS) is 14.1. The van der Waals surface area contributed by atoms with Crippen LogP contribution in [-0.4, -0.2) is 21.7 Å². The van der Waals surface area contributed by atoms with E-state index in [1.54, 1.807) is 17.8 Å². The third kappa shape index (κ3) is 3.31. The molecule has 0 bridgehead atoms. The maximum atomic E-state index is 12.8. The first-order chi connectivity index (χ1) is 12.3. The molecular formula is C21H27N3O2. The maximum absolute atomic E-state index is 12.8. The summed E-state index contributed by atoms with van der Waals surface area (Å²) in [5.74, 6) is 1.25. The van der Waals surface area contributed by atoms with E-state index < -0.39 is 0 Å². The summed E-state index contributed by atoms with van der Waals surface area (Å²) in [4.78, 5) is 17.1. The van der Waals surface area contributed by atoms with Crippen molar-refractivity contribution in [3.05, 3.63) is 46.5 Å². The molecule has 3 rings (SSSR count). The van der Waals surface area contributed by atoms with Crippen molar-refractivity contribution in [3.8, 4) is 5.75 Å². The van der Waals surface area contributed by atoms with Gasteiger partial charge in [0.15, 0.2) is 0 Å². The van der Waals surface area contributed by atoms with Crippen molar-refractivity contribution in [2.75, 3.05) is 0 Å². The number of aromatic nitrogens is 2. The van der Waals surface area contributed by atoms with Gasteiger partial charge in [0.25, 0.3) is 5.56 Å². The van der Waals surface area contributed by atoms with E-state index >= 15 is 0 Å². The highest BCUT2D eigenvalue weighted by molar-refractivity contribution is 6.06. The molecule has 1 aromatic carbocycles. The molecule has 0 amide bonds. The van der Waals surface area contributed by atoms with Gasteiger partial charge in [0.2, 0.25) is 0 Å². The molecule has 2 N–H and O–H groups in total. The monoisotopic (exact) mass is 353 g/mol. The van der Waals surface area contributed by atoms with E-state index in [1.165, 1.54) is 0 Å². The molecule has 0 spiro atoms. The average Bonchev–Trinajstić information content (AvgIpc) is 2.58. The number of pyridine rings is 2. The van der Waals surface area contributed by atoms with Gasteiger partial charge in [0.1, 0.15) is 11.9 Å². The maximum Gasteiger partial charge on any atom is 0.260 e. The molecule has 2 aromatic heterocycles. The summed E-state index contributed by atoms with van der Waals surface area (Å²) in [5.41, 5.74) is 7.79. The number of ether oxygens (including phenoxy) is 1. The van der Waals surface area contributed by atoms with Crippen LogP contribution in [0.2, 0.25) is 0 Å². The molecule has 138 valence electrons. The van der Waals surface area contributed by atoms with Crippen LogP contribution in [0.5, 0.6) is 5.75 Å². The molecule has 26 heavy (non-hydrogen) atoms. The van der Waals surface area contributed by atoms with Crippen LogP contribution < -0.4 is 16.0 Å². The highest BCUT2D eigenvalue weighted by Crippen LogP contribution is 2.27. The molecule has 0 aliphatic heterocycles. The first kappa shape index (κ1) is 18.4. The van der Waals surface area contributed by atoms with Gasteiger partial charge in [-0.15, -0.1) is 0 Å². The fourth-order valence-electron chi connectivity index (χ4n) is 3.47. The van der Waals surface area contributed by atoms with E-state index in [2.05, 4.69) is 18.8 Å². The van der Waals surface area contributed by atoms with E-state index in [0.29, 0.717) is 11.3 Å². The number of benzene rings is 1. The topological polar surface area (TPSA) is 70.1 Å². The molecule has 0 unspecified atom stereocenters. The van der Waals surface area contributed by atoms with Gasteiger partial charge in [0, 0.05) is 30.7 Å². The van der Waals surface area contributed by atoms with E-state index in [1.807, 2.05) is 38.1 Å². The van der Waals surface area contributed by atoms with E-state index in [-0.39, 0.29) is 17.7 Å². The fraction of sp³-hybridized carbons (Fsp3) is 0.429. The van der Waals surface area contributed by atoms with Crippen LogP contribution >= 0.6 is 0 Å². The van der Waals surface area contributed by atoms with Crippen LogP contribution in [0.1, 0.15) is 32.9 Å². The first-order valence-electron chi connectivity index (χ1n) is 9.10. The van der Waals surface area contributed by atoms with Gasteiger partial charge in [-0.3, -0.25) is 9.78 Å². The molecular weight excluding hydrogens is 326 g/mol. The van der Waals surface area contributed by atoms with Crippen LogP contribution in [0.15, 0.2) is 35.3 Å². The molecule has 0 aliphatic rings. The van der Waals surface area contributed by atoms with E-state index in [0.717, 1.165) is 34.2 Å². The third-order valence-electron chi connectivity index (χ3n) is 4.95. The zero-order valence-electron chi connectivity index (χ0n) is 16.1. The Labute approximate surface area is 153 Å². The van der Waals surface area contributed by atoms with Crippen molar-refractivity contribution in [2.24, 2.45) is 18.7 Å². The van der Waals surface area contributed by atoms with Crippen molar-refractivity contribution < 1.29 is 4.74 Å². The molecule has 0 saturated heterocycles. The lowest BCUT2D eigenvalue weighted by Crippen LogP contribution is -2.37. The van der Waals surface area contributed by atoms with Crippen molar-refractivity contribution in [1.29, 1.82) is 0 Å². The number of fused-ring (bicyclic) bond motifs is 3. The molecule has 2 heterocycles. The minimum Gasteiger partial charge on any atom is -0.489 e. The summed E-state index contributed by atoms with van der Waals surface area (Å²) in [6.45, 7) is 8.16. The van der Waals surface area contributed by atoms with Gasteiger partial charge < -0.3 is 15.0 Å². The molecule has 0 radical (unpaired) electrons. The molecule has 5 heteroatoms. The number of nitrogens with zero attached hydrogens (tertiary/aromatic N) is 2. The van der Waals surface area contributed by atoms with Crippen LogP contribution in [0.25, 0.3) is 21.7 Å². The lowest BCUT2D eigenvalue weighted by Gasteiger charge is -2.23. The van der Waals surface area contributed by atoms with Crippen molar-refractivity contribution in [3.63, 3.8) is 0 Å². The first-order valence-corrected chi connectivity index (χ1v) is 9.10. The Hall–Kier alpha value is -2.40. The van der Waals surface area contributed by atoms with Gasteiger partial charge in [-0.25, -0.2) is 0 Å². The standard InChI is InChI=1S/C21H27N3O2/c1-12(2)10-18(22)14(4)26-15-6-7-16-17-8-9-23-13(3)20(17)21(25)24(5)19(16)11-15/h6-9,11-12,14,18H,10,22H2,1-5H3/t14-,18+/m0/s1. The summed E-state index contributed by atoms with van der Waals surface area (Å²) in [6, 6.07) is 7.74. The van der Waals surface area contributed by atoms with Crippen molar-refractivity contribution in [2.45, 2.75) is 46.3 Å². The molecule has 0 saturated carbocycles. The summed E-state index contributed by atoms with van der Waals surface area (Å²) in [6.07, 6.45) is 2.55. The SMILES string of the molecule is Cc1nccc2c1c(=O)n(C)c1cc(O[C@@H](C)[C@H](N)CC(C)C)ccc21. The lowest BCUT2D eigenvalue weighted by atomic mass is 10.0. The van der Waals surface area contributed by atoms with Crippen LogP contribution in [0, 0.1) is 12.8 Å². The van der Waals surface area contributed by atoms with Gasteiger partial charge in [-0.05, 0) is 49.8 Å². The molecule has 3 aromatic rings. The van der Waals surface area contributed by atoms with E-state index in [4.69, 9.17) is 10.5 Å². The highest BCUT2D eigenvalue weighted by Gasteiger charge is 2.17. The number of rotatable bonds is 5. The lowest BCUT2D eigenvalue weighted by molar-refractivity contribution is 0.177. The second kappa shape index (κ2) is 7.08. The summed E-state index contributed by atoms with van der Waals surface area (Å²) >= 11 is 0. The second-order valence-electron chi connectivity index (χ2n) is 7.48. The molecule has 2 atom stereocenters. The largest absolute Gasteiger partial charge is 0.489 e. The molecule has 5 nitrogen and oxygen atoms in total. The highest BCUT2D eigenvalue weighted by atomic mass is 16.5. The Balaban J connectivity index is 2.06. The van der Waals surface area contributed by atoms with Crippen molar-refractivity contribution in [1.82, 2.24) is 9.55 Å². The van der Waals surface area contributed by atoms with E-state index in [9.17, 15) is 4.79 Å². The average molecular weight is 353 g/mol. The summed E-state index contributed by atoms with van der Waals surface area (Å²) in [5, 5.41) is 2.61. The predicted molar refractivity (Wildman–Crippen MR) is 107 cm³/mol. The smallest absolute Gasteiger partial charge is 0.260 e. The Kier molecular flexibility index (Phi) is 5.01. The number of aryl methyl sites for hydroxylation is 2. The summed E-state index contributed by atoms with van der Waals surface area (Å²) in [7, 11) is 1.79. The molecule has 0 fully saturated rings. The van der Waals surface area contributed by atoms with Crippen molar-refractivity contribution >= 4 is 21.7 Å². The number of nitrogens with two attached hydrogens (primary N) is 1. The van der Waals surface area contributed by atoms with Crippen LogP contribution in [0.3, 0.4) is 0 Å². The van der Waals surface area contributed by atoms with Gasteiger partial charge >= 0.3 is 0 Å². The predicted octanol–water partition coefficient (Wildman–Crippen LogP) is 3.54. The fourth-order valence-corrected chi connectivity index (χ4v) is 3.47. The number of hydrogen-bond donors (Lipinski definition) is 1. The Bertz CT molecular complexity index is 1010. The zero-order chi connectivity index (χ0) is 19.0. The molecule has 0 aliphatic carbocycles. The second-order valence-corrected chi connectivity index (χ2v) is 7.48.